The number of nitrogens with one attached hydrogen (secondary N) is 1. The molecule has 7 heteroatoms. The molecule has 0 aliphatic heterocycles. The zero-order valence-electron chi connectivity index (χ0n) is 25.7. The van der Waals surface area contributed by atoms with Crippen molar-refractivity contribution < 1.29 is 18.7 Å². The second-order valence-corrected chi connectivity index (χ2v) is 12.4. The number of hydrogen-bond acceptors (Lipinski definition) is 4. The summed E-state index contributed by atoms with van der Waals surface area (Å²) >= 11 is 0. The summed E-state index contributed by atoms with van der Waals surface area (Å²) in [5.74, 6) is -1.04. The number of nitrogens with zero attached hydrogens (tertiary/aromatic N) is 2. The number of pyridine rings is 1. The molecule has 4 unspecified atom stereocenters. The average molecular weight is 574 g/mol. The van der Waals surface area contributed by atoms with Crippen LogP contribution in [0.1, 0.15) is 78.0 Å². The minimum atomic E-state index is -0.641. The Labute approximate surface area is 249 Å². The number of ether oxygens (including phenoxy) is 1. The first-order chi connectivity index (χ1) is 20.0. The number of anilines is 1. The number of aromatic nitrogens is 1. The Morgan fingerprint density at radius 1 is 1.05 bits per heavy atom. The molecule has 0 spiro atoms. The van der Waals surface area contributed by atoms with Crippen molar-refractivity contribution in [2.24, 2.45) is 11.8 Å². The van der Waals surface area contributed by atoms with Gasteiger partial charge in [0.15, 0.2) is 0 Å². The van der Waals surface area contributed by atoms with E-state index in [4.69, 9.17) is 4.74 Å². The molecule has 1 aliphatic rings. The highest BCUT2D eigenvalue weighted by molar-refractivity contribution is 5.98. The van der Waals surface area contributed by atoms with Crippen LogP contribution in [0.2, 0.25) is 0 Å². The predicted molar refractivity (Wildman–Crippen MR) is 166 cm³/mol. The molecule has 4 atom stereocenters. The monoisotopic (exact) mass is 573 g/mol. The number of alkyl carbamates (subject to hydrolysis) is 1. The van der Waals surface area contributed by atoms with Crippen LogP contribution in [0.3, 0.4) is 0 Å². The van der Waals surface area contributed by atoms with Crippen LogP contribution in [0.25, 0.3) is 11.1 Å². The Bertz CT molecular complexity index is 1350. The number of carbonyl (C=O) groups is 2. The Hall–Kier alpha value is -3.74. The number of halogens is 1. The molecule has 6 nitrogen and oxygen atoms in total. The van der Waals surface area contributed by atoms with E-state index in [0.717, 1.165) is 36.1 Å². The SMILES string of the molecule is CCCc1ccc(-c2ccc(N(CC(NC(=O)OC(C)(C)C)C(C)CC)C(=O)C3CC3c3ncccc3F)cc2)cc1. The van der Waals surface area contributed by atoms with E-state index in [1.807, 2.05) is 45.0 Å². The van der Waals surface area contributed by atoms with Gasteiger partial charge in [-0.2, -0.15) is 0 Å². The van der Waals surface area contributed by atoms with Gasteiger partial charge in [0.25, 0.3) is 0 Å². The molecule has 4 rings (SSSR count). The van der Waals surface area contributed by atoms with Crippen molar-refractivity contribution in [2.45, 2.75) is 84.8 Å². The molecule has 2 aromatic carbocycles. The van der Waals surface area contributed by atoms with Gasteiger partial charge in [0.05, 0.1) is 11.7 Å². The molecular weight excluding hydrogens is 529 g/mol. The van der Waals surface area contributed by atoms with Crippen molar-refractivity contribution in [1.29, 1.82) is 0 Å². The van der Waals surface area contributed by atoms with Crippen LogP contribution in [-0.4, -0.2) is 35.2 Å². The smallest absolute Gasteiger partial charge is 0.407 e. The molecule has 1 aromatic heterocycles. The van der Waals surface area contributed by atoms with Gasteiger partial charge in [-0.1, -0.05) is 70.0 Å². The van der Waals surface area contributed by atoms with Gasteiger partial charge in [-0.3, -0.25) is 9.78 Å². The number of amides is 2. The number of benzene rings is 2. The lowest BCUT2D eigenvalue weighted by atomic mass is 9.97. The van der Waals surface area contributed by atoms with E-state index in [0.29, 0.717) is 12.1 Å². The van der Waals surface area contributed by atoms with Crippen molar-refractivity contribution in [1.82, 2.24) is 10.3 Å². The molecule has 2 amide bonds. The Kier molecular flexibility index (Phi) is 10.0. The third kappa shape index (κ3) is 7.96. The lowest BCUT2D eigenvalue weighted by molar-refractivity contribution is -0.120. The largest absolute Gasteiger partial charge is 0.444 e. The highest BCUT2D eigenvalue weighted by Crippen LogP contribution is 2.49. The molecule has 224 valence electrons. The number of rotatable bonds is 11. The molecule has 1 saturated carbocycles. The minimum Gasteiger partial charge on any atom is -0.444 e. The minimum absolute atomic E-state index is 0.0805. The first kappa shape index (κ1) is 31.2. The van der Waals surface area contributed by atoms with Crippen molar-refractivity contribution in [3.05, 3.63) is 83.9 Å². The second-order valence-electron chi connectivity index (χ2n) is 12.4. The molecule has 42 heavy (non-hydrogen) atoms. The average Bonchev–Trinajstić information content (AvgIpc) is 3.75. The van der Waals surface area contributed by atoms with E-state index in [2.05, 4.69) is 55.3 Å². The first-order valence-electron chi connectivity index (χ1n) is 15.1. The highest BCUT2D eigenvalue weighted by Gasteiger charge is 2.48. The standard InChI is InChI=1S/C35H44FN3O3/c1-7-10-24-12-14-25(15-13-24)26-16-18-27(19-17-26)39(22-31(23(3)8-2)38-34(41)42-35(4,5)6)33(40)29-21-28(29)32-30(36)11-9-20-37-32/h9,11-20,23,28-29,31H,7-8,10,21-22H2,1-6H3,(H,38,41). The molecular formula is C35H44FN3O3. The summed E-state index contributed by atoms with van der Waals surface area (Å²) in [5.41, 5.74) is 3.90. The predicted octanol–water partition coefficient (Wildman–Crippen LogP) is 7.92. The number of carbonyl (C=O) groups excluding carboxylic acids is 2. The van der Waals surface area contributed by atoms with Gasteiger partial charge >= 0.3 is 6.09 Å². The summed E-state index contributed by atoms with van der Waals surface area (Å²) < 4.78 is 20.0. The van der Waals surface area contributed by atoms with E-state index >= 15 is 0 Å². The molecule has 1 aliphatic carbocycles. The highest BCUT2D eigenvalue weighted by atomic mass is 19.1. The lowest BCUT2D eigenvalue weighted by Crippen LogP contribution is -2.50. The van der Waals surface area contributed by atoms with Crippen LogP contribution in [0.5, 0.6) is 0 Å². The molecule has 0 saturated heterocycles. The fraction of sp³-hybridized carbons (Fsp3) is 0.457. The van der Waals surface area contributed by atoms with Crippen molar-refractivity contribution >= 4 is 17.7 Å². The summed E-state index contributed by atoms with van der Waals surface area (Å²) in [4.78, 5) is 32.8. The van der Waals surface area contributed by atoms with E-state index in [-0.39, 0.29) is 42.1 Å². The van der Waals surface area contributed by atoms with E-state index < -0.39 is 11.7 Å². The number of hydrogen-bond donors (Lipinski definition) is 1. The normalized spacial score (nSPS) is 17.7. The Morgan fingerprint density at radius 3 is 2.26 bits per heavy atom. The van der Waals surface area contributed by atoms with Crippen LogP contribution in [0.4, 0.5) is 14.9 Å². The van der Waals surface area contributed by atoms with Crippen LogP contribution >= 0.6 is 0 Å². The van der Waals surface area contributed by atoms with Crippen LogP contribution in [0, 0.1) is 17.7 Å². The summed E-state index contributed by atoms with van der Waals surface area (Å²) in [6, 6.07) is 19.1. The fourth-order valence-corrected chi connectivity index (χ4v) is 5.26. The first-order valence-corrected chi connectivity index (χ1v) is 15.1. The van der Waals surface area contributed by atoms with Gasteiger partial charge in [0.2, 0.25) is 5.91 Å². The quantitative estimate of drug-likeness (QED) is 0.253. The summed E-state index contributed by atoms with van der Waals surface area (Å²) in [5, 5.41) is 3.02. The summed E-state index contributed by atoms with van der Waals surface area (Å²) in [6.07, 6.45) is 4.55. The van der Waals surface area contributed by atoms with Gasteiger partial charge in [-0.15, -0.1) is 0 Å². The second kappa shape index (κ2) is 13.5. The van der Waals surface area contributed by atoms with Crippen molar-refractivity contribution in [3.63, 3.8) is 0 Å². The molecule has 0 radical (unpaired) electrons. The maximum Gasteiger partial charge on any atom is 0.407 e. The molecule has 1 fully saturated rings. The molecule has 1 heterocycles. The zero-order chi connectivity index (χ0) is 30.4. The van der Waals surface area contributed by atoms with Gasteiger partial charge in [-0.05, 0) is 80.5 Å². The maximum absolute atomic E-state index is 14.5. The molecule has 3 aromatic rings. The fourth-order valence-electron chi connectivity index (χ4n) is 5.26. The van der Waals surface area contributed by atoms with Gasteiger partial charge in [-0.25, -0.2) is 9.18 Å². The van der Waals surface area contributed by atoms with E-state index in [1.54, 1.807) is 17.2 Å². The topological polar surface area (TPSA) is 71.5 Å². The molecule has 0 bridgehead atoms. The van der Waals surface area contributed by atoms with E-state index in [1.165, 1.54) is 11.6 Å². The third-order valence-electron chi connectivity index (χ3n) is 7.93. The van der Waals surface area contributed by atoms with Crippen molar-refractivity contribution in [2.75, 3.05) is 11.4 Å². The van der Waals surface area contributed by atoms with E-state index in [9.17, 15) is 14.0 Å². The van der Waals surface area contributed by atoms with Crippen molar-refractivity contribution in [3.8, 4) is 11.1 Å². The van der Waals surface area contributed by atoms with Crippen LogP contribution in [-0.2, 0) is 16.0 Å². The lowest BCUT2D eigenvalue weighted by Gasteiger charge is -2.32. The third-order valence-corrected chi connectivity index (χ3v) is 7.93. The Morgan fingerprint density at radius 2 is 1.69 bits per heavy atom. The van der Waals surface area contributed by atoms with Gasteiger partial charge in [0.1, 0.15) is 11.4 Å². The van der Waals surface area contributed by atoms with Gasteiger partial charge < -0.3 is 15.0 Å². The van der Waals surface area contributed by atoms with Crippen LogP contribution < -0.4 is 10.2 Å². The maximum atomic E-state index is 14.5. The van der Waals surface area contributed by atoms with Gasteiger partial charge in [0, 0.05) is 30.3 Å². The molecule has 1 N–H and O–H groups in total. The summed E-state index contributed by atoms with van der Waals surface area (Å²) in [6.45, 7) is 12.0. The van der Waals surface area contributed by atoms with Crippen LogP contribution in [0.15, 0.2) is 66.9 Å². The summed E-state index contributed by atoms with van der Waals surface area (Å²) in [7, 11) is 0. The zero-order valence-corrected chi connectivity index (χ0v) is 25.7. The number of aryl methyl sites for hydroxylation is 1. The Balaban J connectivity index is 1.61.